The molecular formula is C21H28FN3O2. The van der Waals surface area contributed by atoms with Crippen molar-refractivity contribution in [2.45, 2.75) is 46.7 Å². The minimum absolute atomic E-state index is 0.0568. The second-order valence-corrected chi connectivity index (χ2v) is 7.65. The lowest BCUT2D eigenvalue weighted by Gasteiger charge is -2.34. The van der Waals surface area contributed by atoms with E-state index in [-0.39, 0.29) is 17.8 Å². The summed E-state index contributed by atoms with van der Waals surface area (Å²) in [6.45, 7) is 10.9. The van der Waals surface area contributed by atoms with Crippen molar-refractivity contribution >= 4 is 5.91 Å². The van der Waals surface area contributed by atoms with E-state index in [4.69, 9.17) is 4.42 Å². The highest BCUT2D eigenvalue weighted by molar-refractivity contribution is 5.93. The molecule has 2 aromatic rings. The maximum absolute atomic E-state index is 13.2. The number of nitrogens with zero attached hydrogens (tertiary/aromatic N) is 3. The van der Waals surface area contributed by atoms with Gasteiger partial charge in [0.15, 0.2) is 11.6 Å². The van der Waals surface area contributed by atoms with Crippen LogP contribution >= 0.6 is 0 Å². The fraction of sp³-hybridized carbons (Fsp3) is 0.524. The van der Waals surface area contributed by atoms with Gasteiger partial charge in [-0.15, -0.1) is 0 Å². The van der Waals surface area contributed by atoms with Crippen molar-refractivity contribution in [1.82, 2.24) is 14.8 Å². The third kappa shape index (κ3) is 4.56. The first kappa shape index (κ1) is 19.5. The maximum atomic E-state index is 13.2. The standard InChI is InChI=1S/C21H28FN3O2/c1-14(2)19-13-25(21(26)20-15(3)27-16(4)23-20)11-5-10-24(19)12-17-6-8-18(22)9-7-17/h6-9,14,19H,5,10-13H2,1-4H3/t19-/m0/s1. The van der Waals surface area contributed by atoms with Gasteiger partial charge in [-0.05, 0) is 37.0 Å². The molecule has 27 heavy (non-hydrogen) atoms. The molecule has 0 bridgehead atoms. The highest BCUT2D eigenvalue weighted by Crippen LogP contribution is 2.22. The third-order valence-electron chi connectivity index (χ3n) is 5.21. The number of carbonyl (C=O) groups is 1. The summed E-state index contributed by atoms with van der Waals surface area (Å²) in [6, 6.07) is 6.91. The molecule has 1 aliphatic rings. The molecular weight excluding hydrogens is 345 g/mol. The smallest absolute Gasteiger partial charge is 0.276 e. The van der Waals surface area contributed by atoms with E-state index in [0.717, 1.165) is 25.1 Å². The molecule has 6 heteroatoms. The van der Waals surface area contributed by atoms with Gasteiger partial charge in [-0.25, -0.2) is 9.37 Å². The number of amides is 1. The van der Waals surface area contributed by atoms with Crippen LogP contribution in [0.5, 0.6) is 0 Å². The molecule has 1 aliphatic heterocycles. The first-order valence-electron chi connectivity index (χ1n) is 9.57. The summed E-state index contributed by atoms with van der Waals surface area (Å²) >= 11 is 0. The normalized spacial score (nSPS) is 18.7. The number of rotatable bonds is 4. The first-order chi connectivity index (χ1) is 12.8. The lowest BCUT2D eigenvalue weighted by atomic mass is 10.0. The summed E-state index contributed by atoms with van der Waals surface area (Å²) < 4.78 is 18.6. The Morgan fingerprint density at radius 2 is 1.96 bits per heavy atom. The topological polar surface area (TPSA) is 49.6 Å². The van der Waals surface area contributed by atoms with E-state index in [1.807, 2.05) is 17.0 Å². The van der Waals surface area contributed by atoms with Crippen molar-refractivity contribution in [1.29, 1.82) is 0 Å². The molecule has 1 saturated heterocycles. The number of hydrogen-bond acceptors (Lipinski definition) is 4. The van der Waals surface area contributed by atoms with Crippen LogP contribution in [0.2, 0.25) is 0 Å². The van der Waals surface area contributed by atoms with Gasteiger partial charge in [-0.3, -0.25) is 9.69 Å². The molecule has 0 unspecified atom stereocenters. The number of aromatic nitrogens is 1. The number of carbonyl (C=O) groups excluding carboxylic acids is 1. The molecule has 1 aromatic carbocycles. The minimum Gasteiger partial charge on any atom is -0.445 e. The fourth-order valence-corrected chi connectivity index (χ4v) is 3.78. The molecule has 0 N–H and O–H groups in total. The van der Waals surface area contributed by atoms with Crippen molar-refractivity contribution in [3.63, 3.8) is 0 Å². The monoisotopic (exact) mass is 373 g/mol. The SMILES string of the molecule is Cc1nc(C(=O)N2CCCN(Cc3ccc(F)cc3)[C@H](C(C)C)C2)c(C)o1. The van der Waals surface area contributed by atoms with Gasteiger partial charge in [0.2, 0.25) is 0 Å². The molecule has 0 spiro atoms. The predicted molar refractivity (Wildman–Crippen MR) is 102 cm³/mol. The van der Waals surface area contributed by atoms with Crippen LogP contribution in [0.25, 0.3) is 0 Å². The van der Waals surface area contributed by atoms with Crippen LogP contribution in [0.15, 0.2) is 28.7 Å². The van der Waals surface area contributed by atoms with Gasteiger partial charge in [-0.1, -0.05) is 26.0 Å². The first-order valence-corrected chi connectivity index (χ1v) is 9.57. The van der Waals surface area contributed by atoms with Gasteiger partial charge in [0.05, 0.1) is 0 Å². The molecule has 146 valence electrons. The van der Waals surface area contributed by atoms with Gasteiger partial charge >= 0.3 is 0 Å². The second kappa shape index (κ2) is 8.21. The number of halogens is 1. The fourth-order valence-electron chi connectivity index (χ4n) is 3.78. The zero-order valence-electron chi connectivity index (χ0n) is 16.5. The predicted octanol–water partition coefficient (Wildman–Crippen LogP) is 3.80. The summed E-state index contributed by atoms with van der Waals surface area (Å²) in [5, 5.41) is 0. The van der Waals surface area contributed by atoms with Crippen molar-refractivity contribution < 1.29 is 13.6 Å². The summed E-state index contributed by atoms with van der Waals surface area (Å²) in [6.07, 6.45) is 0.895. The Bertz CT molecular complexity index is 785. The summed E-state index contributed by atoms with van der Waals surface area (Å²) in [7, 11) is 0. The Morgan fingerprint density at radius 3 is 2.56 bits per heavy atom. The van der Waals surface area contributed by atoms with Crippen LogP contribution in [0, 0.1) is 25.6 Å². The summed E-state index contributed by atoms with van der Waals surface area (Å²) in [5.41, 5.74) is 1.51. The Labute approximate surface area is 160 Å². The van der Waals surface area contributed by atoms with E-state index in [9.17, 15) is 9.18 Å². The van der Waals surface area contributed by atoms with Crippen LogP contribution in [0.1, 0.15) is 48.0 Å². The van der Waals surface area contributed by atoms with Crippen molar-refractivity contribution in [2.24, 2.45) is 5.92 Å². The Morgan fingerprint density at radius 1 is 1.26 bits per heavy atom. The molecule has 5 nitrogen and oxygen atoms in total. The van der Waals surface area contributed by atoms with Crippen LogP contribution in [-0.4, -0.2) is 46.4 Å². The lowest BCUT2D eigenvalue weighted by molar-refractivity contribution is 0.0695. The summed E-state index contributed by atoms with van der Waals surface area (Å²) in [4.78, 5) is 21.6. The lowest BCUT2D eigenvalue weighted by Crippen LogP contribution is -2.45. The molecule has 1 aromatic heterocycles. The van der Waals surface area contributed by atoms with E-state index in [2.05, 4.69) is 23.7 Å². The summed E-state index contributed by atoms with van der Waals surface area (Å²) in [5.74, 6) is 1.21. The van der Waals surface area contributed by atoms with Gasteiger partial charge < -0.3 is 9.32 Å². The average Bonchev–Trinajstić information content (AvgIpc) is 2.83. The van der Waals surface area contributed by atoms with Crippen molar-refractivity contribution in [3.8, 4) is 0 Å². The van der Waals surface area contributed by atoms with Gasteiger partial charge in [-0.2, -0.15) is 0 Å². The van der Waals surface area contributed by atoms with Crippen LogP contribution in [-0.2, 0) is 6.54 Å². The van der Waals surface area contributed by atoms with E-state index >= 15 is 0 Å². The largest absolute Gasteiger partial charge is 0.445 e. The van der Waals surface area contributed by atoms with E-state index in [1.165, 1.54) is 12.1 Å². The highest BCUT2D eigenvalue weighted by Gasteiger charge is 2.31. The number of benzene rings is 1. The quantitative estimate of drug-likeness (QED) is 0.818. The number of oxazole rings is 1. The molecule has 1 fully saturated rings. The molecule has 0 saturated carbocycles. The molecule has 2 heterocycles. The number of hydrogen-bond donors (Lipinski definition) is 0. The molecule has 1 amide bonds. The van der Waals surface area contributed by atoms with Gasteiger partial charge in [0, 0.05) is 39.1 Å². The molecule has 0 aliphatic carbocycles. The maximum Gasteiger partial charge on any atom is 0.276 e. The minimum atomic E-state index is -0.218. The van der Waals surface area contributed by atoms with Crippen molar-refractivity contribution in [2.75, 3.05) is 19.6 Å². The van der Waals surface area contributed by atoms with Crippen LogP contribution in [0.4, 0.5) is 4.39 Å². The van der Waals surface area contributed by atoms with Crippen LogP contribution in [0.3, 0.4) is 0 Å². The van der Waals surface area contributed by atoms with Crippen molar-refractivity contribution in [3.05, 3.63) is 53.0 Å². The van der Waals surface area contributed by atoms with E-state index in [1.54, 1.807) is 13.8 Å². The Hall–Kier alpha value is -2.21. The zero-order chi connectivity index (χ0) is 19.6. The Kier molecular flexibility index (Phi) is 5.95. The molecule has 1 atom stereocenters. The third-order valence-corrected chi connectivity index (χ3v) is 5.21. The van der Waals surface area contributed by atoms with Crippen LogP contribution < -0.4 is 0 Å². The van der Waals surface area contributed by atoms with E-state index < -0.39 is 0 Å². The molecule has 0 radical (unpaired) electrons. The highest BCUT2D eigenvalue weighted by atomic mass is 19.1. The van der Waals surface area contributed by atoms with Gasteiger partial charge in [0.1, 0.15) is 11.6 Å². The number of aryl methyl sites for hydroxylation is 2. The second-order valence-electron chi connectivity index (χ2n) is 7.65. The van der Waals surface area contributed by atoms with E-state index in [0.29, 0.717) is 36.4 Å². The zero-order valence-corrected chi connectivity index (χ0v) is 16.5. The average molecular weight is 373 g/mol. The molecule has 3 rings (SSSR count). The van der Waals surface area contributed by atoms with Gasteiger partial charge in [0.25, 0.3) is 5.91 Å². The Balaban J connectivity index is 1.77.